The van der Waals surface area contributed by atoms with E-state index in [2.05, 4.69) is 15.3 Å². The van der Waals surface area contributed by atoms with Crippen LogP contribution in [0.5, 0.6) is 0 Å². The third kappa shape index (κ3) is 3.74. The maximum absolute atomic E-state index is 11.9. The largest absolute Gasteiger partial charge is 0.478 e. The van der Waals surface area contributed by atoms with Gasteiger partial charge in [0.05, 0.1) is 0 Å². The lowest BCUT2D eigenvalue weighted by molar-refractivity contribution is -0.131. The second-order valence-corrected chi connectivity index (χ2v) is 3.82. The highest BCUT2D eigenvalue weighted by molar-refractivity contribution is 6.02. The van der Waals surface area contributed by atoms with Crippen LogP contribution in [0.15, 0.2) is 48.8 Å². The Labute approximate surface area is 114 Å². The summed E-state index contributed by atoms with van der Waals surface area (Å²) in [6.45, 7) is 0. The van der Waals surface area contributed by atoms with Crippen LogP contribution in [0, 0.1) is 0 Å². The summed E-state index contributed by atoms with van der Waals surface area (Å²) in [5, 5.41) is 11.1. The van der Waals surface area contributed by atoms with Gasteiger partial charge < -0.3 is 10.4 Å². The molecule has 0 bridgehead atoms. The summed E-state index contributed by atoms with van der Waals surface area (Å²) in [4.78, 5) is 30.2. The number of nitrogens with zero attached hydrogens (tertiary/aromatic N) is 2. The summed E-state index contributed by atoms with van der Waals surface area (Å²) in [5.41, 5.74) is 0.824. The van der Waals surface area contributed by atoms with Crippen molar-refractivity contribution >= 4 is 23.8 Å². The molecule has 6 heteroatoms. The van der Waals surface area contributed by atoms with Crippen LogP contribution in [0.25, 0.3) is 6.08 Å². The van der Waals surface area contributed by atoms with E-state index in [1.807, 2.05) is 0 Å². The predicted molar refractivity (Wildman–Crippen MR) is 73.1 cm³/mol. The Hall–Kier alpha value is -3.02. The Bertz CT molecular complexity index is 636. The molecule has 2 N–H and O–H groups in total. The monoisotopic (exact) mass is 269 g/mol. The number of hydrogen-bond donors (Lipinski definition) is 2. The van der Waals surface area contributed by atoms with E-state index in [0.29, 0.717) is 11.4 Å². The molecule has 0 saturated heterocycles. The first-order valence-corrected chi connectivity index (χ1v) is 5.74. The number of anilines is 1. The lowest BCUT2D eigenvalue weighted by Gasteiger charge is -2.03. The summed E-state index contributed by atoms with van der Waals surface area (Å²) < 4.78 is 0. The van der Waals surface area contributed by atoms with Crippen molar-refractivity contribution in [3.63, 3.8) is 0 Å². The molecule has 2 heterocycles. The highest BCUT2D eigenvalue weighted by atomic mass is 16.4. The quantitative estimate of drug-likeness (QED) is 0.826. The van der Waals surface area contributed by atoms with Crippen molar-refractivity contribution in [1.29, 1.82) is 0 Å². The van der Waals surface area contributed by atoms with Gasteiger partial charge in [-0.15, -0.1) is 0 Å². The van der Waals surface area contributed by atoms with E-state index in [1.54, 1.807) is 30.5 Å². The van der Waals surface area contributed by atoms with Crippen LogP contribution >= 0.6 is 0 Å². The van der Waals surface area contributed by atoms with E-state index in [-0.39, 0.29) is 11.6 Å². The Morgan fingerprint density at radius 1 is 1.15 bits per heavy atom. The predicted octanol–water partition coefficient (Wildman–Crippen LogP) is 1.83. The van der Waals surface area contributed by atoms with Gasteiger partial charge in [-0.2, -0.15) is 0 Å². The normalized spacial score (nSPS) is 10.4. The molecular weight excluding hydrogens is 258 g/mol. The zero-order valence-electron chi connectivity index (χ0n) is 10.4. The first kappa shape index (κ1) is 13.4. The molecule has 0 aromatic carbocycles. The highest BCUT2D eigenvalue weighted by Gasteiger charge is 2.07. The third-order valence-corrected chi connectivity index (χ3v) is 2.34. The third-order valence-electron chi connectivity index (χ3n) is 2.34. The molecule has 100 valence electrons. The number of rotatable bonds is 4. The number of carboxylic acids is 1. The number of hydrogen-bond acceptors (Lipinski definition) is 4. The van der Waals surface area contributed by atoms with Gasteiger partial charge >= 0.3 is 5.97 Å². The molecule has 0 fully saturated rings. The fourth-order valence-corrected chi connectivity index (χ4v) is 1.42. The van der Waals surface area contributed by atoms with Gasteiger partial charge in [-0.3, -0.25) is 9.78 Å². The van der Waals surface area contributed by atoms with E-state index in [0.717, 1.165) is 6.08 Å². The minimum Gasteiger partial charge on any atom is -0.478 e. The van der Waals surface area contributed by atoms with E-state index < -0.39 is 5.97 Å². The van der Waals surface area contributed by atoms with Crippen molar-refractivity contribution in [3.05, 3.63) is 60.1 Å². The van der Waals surface area contributed by atoms with Crippen LogP contribution < -0.4 is 5.32 Å². The minimum absolute atomic E-state index is 0.225. The number of aliphatic carboxylic acids is 1. The average molecular weight is 269 g/mol. The SMILES string of the molecule is O=C(O)C=Cc1ccc(C(=O)Nc2ccccn2)nc1. The summed E-state index contributed by atoms with van der Waals surface area (Å²) in [6, 6.07) is 8.30. The first-order valence-electron chi connectivity index (χ1n) is 5.74. The van der Waals surface area contributed by atoms with Crippen molar-refractivity contribution in [1.82, 2.24) is 9.97 Å². The summed E-state index contributed by atoms with van der Waals surface area (Å²) in [7, 11) is 0. The van der Waals surface area contributed by atoms with Crippen molar-refractivity contribution in [2.24, 2.45) is 0 Å². The van der Waals surface area contributed by atoms with Gasteiger partial charge in [0.1, 0.15) is 11.5 Å². The van der Waals surface area contributed by atoms with Crippen LogP contribution in [0.1, 0.15) is 16.1 Å². The Balaban J connectivity index is 2.06. The van der Waals surface area contributed by atoms with Gasteiger partial charge in [0.15, 0.2) is 0 Å². The van der Waals surface area contributed by atoms with Crippen molar-refractivity contribution in [3.8, 4) is 0 Å². The molecule has 0 saturated carbocycles. The second kappa shape index (κ2) is 6.24. The number of aromatic nitrogens is 2. The van der Waals surface area contributed by atoms with Crippen LogP contribution in [0.4, 0.5) is 5.82 Å². The number of carboxylic acid groups (broad SMARTS) is 1. The Morgan fingerprint density at radius 3 is 2.60 bits per heavy atom. The summed E-state index contributed by atoms with van der Waals surface area (Å²) >= 11 is 0. The number of carbonyl (C=O) groups excluding carboxylic acids is 1. The minimum atomic E-state index is -1.04. The number of nitrogens with one attached hydrogen (secondary N) is 1. The van der Waals surface area contributed by atoms with Gasteiger partial charge in [-0.05, 0) is 29.8 Å². The lowest BCUT2D eigenvalue weighted by atomic mass is 10.2. The van der Waals surface area contributed by atoms with Crippen LogP contribution in [0.2, 0.25) is 0 Å². The number of pyridine rings is 2. The number of amides is 1. The van der Waals surface area contributed by atoms with Gasteiger partial charge in [0.2, 0.25) is 0 Å². The van der Waals surface area contributed by atoms with Gasteiger partial charge in [-0.25, -0.2) is 9.78 Å². The molecule has 0 unspecified atom stereocenters. The highest BCUT2D eigenvalue weighted by Crippen LogP contribution is 2.06. The molecule has 2 rings (SSSR count). The van der Waals surface area contributed by atoms with Gasteiger partial charge in [-0.1, -0.05) is 12.1 Å². The maximum Gasteiger partial charge on any atom is 0.328 e. The summed E-state index contributed by atoms with van der Waals surface area (Å²) in [5.74, 6) is -0.978. The van der Waals surface area contributed by atoms with Gasteiger partial charge in [0.25, 0.3) is 5.91 Å². The zero-order chi connectivity index (χ0) is 14.4. The average Bonchev–Trinajstić information content (AvgIpc) is 2.46. The molecule has 6 nitrogen and oxygen atoms in total. The Morgan fingerprint density at radius 2 is 2.00 bits per heavy atom. The molecule has 0 aliphatic carbocycles. The second-order valence-electron chi connectivity index (χ2n) is 3.82. The van der Waals surface area contributed by atoms with E-state index in [4.69, 9.17) is 5.11 Å². The van der Waals surface area contributed by atoms with Crippen LogP contribution in [-0.4, -0.2) is 27.0 Å². The summed E-state index contributed by atoms with van der Waals surface area (Å²) in [6.07, 6.45) is 5.40. The molecule has 0 spiro atoms. The van der Waals surface area contributed by atoms with Gasteiger partial charge in [0, 0.05) is 18.5 Å². The van der Waals surface area contributed by atoms with E-state index in [1.165, 1.54) is 18.3 Å². The molecule has 1 amide bonds. The van der Waals surface area contributed by atoms with Crippen molar-refractivity contribution in [2.75, 3.05) is 5.32 Å². The molecule has 0 atom stereocenters. The lowest BCUT2D eigenvalue weighted by Crippen LogP contribution is -2.14. The van der Waals surface area contributed by atoms with E-state index >= 15 is 0 Å². The smallest absolute Gasteiger partial charge is 0.328 e. The Kier molecular flexibility index (Phi) is 4.18. The van der Waals surface area contributed by atoms with Crippen LogP contribution in [0.3, 0.4) is 0 Å². The molecule has 0 aliphatic rings. The fourth-order valence-electron chi connectivity index (χ4n) is 1.42. The van der Waals surface area contributed by atoms with Crippen LogP contribution in [-0.2, 0) is 4.79 Å². The zero-order valence-corrected chi connectivity index (χ0v) is 10.4. The topological polar surface area (TPSA) is 92.2 Å². The molecule has 20 heavy (non-hydrogen) atoms. The molecule has 0 aliphatic heterocycles. The molecule has 2 aromatic heterocycles. The molecule has 2 aromatic rings. The fraction of sp³-hybridized carbons (Fsp3) is 0. The first-order chi connectivity index (χ1) is 9.65. The van der Waals surface area contributed by atoms with E-state index in [9.17, 15) is 9.59 Å². The molecule has 0 radical (unpaired) electrons. The standard InChI is InChI=1S/C14H11N3O3/c18-13(19)7-5-10-4-6-11(16-9-10)14(20)17-12-3-1-2-8-15-12/h1-9H,(H,18,19)(H,15,17,20). The molecular formula is C14H11N3O3. The maximum atomic E-state index is 11.9. The van der Waals surface area contributed by atoms with Crippen molar-refractivity contribution in [2.45, 2.75) is 0 Å². The van der Waals surface area contributed by atoms with Crippen molar-refractivity contribution < 1.29 is 14.7 Å². The number of carbonyl (C=O) groups is 2.